The maximum atomic E-state index is 11.2. The monoisotopic (exact) mass is 223 g/mol. The second-order valence-electron chi connectivity index (χ2n) is 3.43. The minimum atomic E-state index is -0.399. The van der Waals surface area contributed by atoms with Crippen molar-refractivity contribution in [3.05, 3.63) is 23.9 Å². The van der Waals surface area contributed by atoms with Crippen molar-refractivity contribution in [2.75, 3.05) is 12.3 Å². The average molecular weight is 223 g/mol. The Morgan fingerprint density at radius 3 is 3.12 bits per heavy atom. The van der Waals surface area contributed by atoms with Crippen molar-refractivity contribution in [3.63, 3.8) is 0 Å². The van der Waals surface area contributed by atoms with Gasteiger partial charge in [-0.15, -0.1) is 0 Å². The summed E-state index contributed by atoms with van der Waals surface area (Å²) in [7, 11) is 0. The molecule has 0 spiro atoms. The first kappa shape index (κ1) is 12.3. The van der Waals surface area contributed by atoms with Crippen LogP contribution in [0, 0.1) is 0 Å². The zero-order chi connectivity index (χ0) is 11.8. The Bertz CT molecular complexity index is 342. The van der Waals surface area contributed by atoms with Crippen LogP contribution in [0.1, 0.15) is 25.3 Å². The highest BCUT2D eigenvalue weighted by atomic mass is 16.5. The maximum Gasteiger partial charge on any atom is 0.407 e. The highest BCUT2D eigenvalue weighted by Crippen LogP contribution is 2.02. The number of nitrogens with zero attached hydrogens (tertiary/aromatic N) is 1. The molecule has 0 saturated carbocycles. The van der Waals surface area contributed by atoms with Gasteiger partial charge in [0.1, 0.15) is 5.82 Å². The number of carbonyl (C=O) groups is 1. The topological polar surface area (TPSA) is 77.2 Å². The Morgan fingerprint density at radius 1 is 1.62 bits per heavy atom. The number of nitrogens with two attached hydrogens (primary N) is 1. The molecule has 1 amide bonds. The fourth-order valence-corrected chi connectivity index (χ4v) is 1.14. The molecule has 0 atom stereocenters. The van der Waals surface area contributed by atoms with Crippen LogP contribution in [-0.4, -0.2) is 17.7 Å². The summed E-state index contributed by atoms with van der Waals surface area (Å²) >= 11 is 0. The lowest BCUT2D eigenvalue weighted by Crippen LogP contribution is -2.24. The van der Waals surface area contributed by atoms with Gasteiger partial charge in [0.15, 0.2) is 0 Å². The number of carbonyl (C=O) groups excluding carboxylic acids is 1. The van der Waals surface area contributed by atoms with Crippen LogP contribution in [-0.2, 0) is 11.3 Å². The number of ether oxygens (including phenoxy) is 1. The maximum absolute atomic E-state index is 11.2. The molecule has 0 aliphatic rings. The van der Waals surface area contributed by atoms with E-state index >= 15 is 0 Å². The molecule has 0 aliphatic heterocycles. The van der Waals surface area contributed by atoms with Gasteiger partial charge in [0.2, 0.25) is 0 Å². The van der Waals surface area contributed by atoms with Crippen LogP contribution in [0.5, 0.6) is 0 Å². The third-order valence-electron chi connectivity index (χ3n) is 2.01. The normalized spacial score (nSPS) is 9.81. The predicted octanol–water partition coefficient (Wildman–Crippen LogP) is 1.69. The lowest BCUT2D eigenvalue weighted by molar-refractivity contribution is 0.144. The highest BCUT2D eigenvalue weighted by molar-refractivity contribution is 5.67. The van der Waals surface area contributed by atoms with Crippen molar-refractivity contribution < 1.29 is 9.53 Å². The van der Waals surface area contributed by atoms with Crippen LogP contribution in [0.3, 0.4) is 0 Å². The van der Waals surface area contributed by atoms with E-state index in [9.17, 15) is 4.79 Å². The molecule has 0 fully saturated rings. The lowest BCUT2D eigenvalue weighted by Gasteiger charge is -2.06. The smallest absolute Gasteiger partial charge is 0.407 e. The molecule has 1 heterocycles. The van der Waals surface area contributed by atoms with Gasteiger partial charge >= 0.3 is 6.09 Å². The third-order valence-corrected chi connectivity index (χ3v) is 2.01. The van der Waals surface area contributed by atoms with Gasteiger partial charge in [0.25, 0.3) is 0 Å². The molecule has 0 aliphatic carbocycles. The minimum Gasteiger partial charge on any atom is -0.450 e. The number of pyridine rings is 1. The molecule has 5 heteroatoms. The number of nitrogens with one attached hydrogen (secondary N) is 1. The fourth-order valence-electron chi connectivity index (χ4n) is 1.14. The van der Waals surface area contributed by atoms with E-state index in [1.807, 2.05) is 6.92 Å². The number of anilines is 1. The number of alkyl carbamates (subject to hydrolysis) is 1. The quantitative estimate of drug-likeness (QED) is 0.745. The van der Waals surface area contributed by atoms with Gasteiger partial charge in [-0.25, -0.2) is 9.78 Å². The molecular formula is C11H17N3O2. The Kier molecular flexibility index (Phi) is 5.11. The Morgan fingerprint density at radius 2 is 2.44 bits per heavy atom. The van der Waals surface area contributed by atoms with Crippen molar-refractivity contribution in [3.8, 4) is 0 Å². The van der Waals surface area contributed by atoms with Gasteiger partial charge in [-0.2, -0.15) is 0 Å². The molecule has 0 aromatic carbocycles. The van der Waals surface area contributed by atoms with E-state index in [2.05, 4.69) is 10.3 Å². The molecule has 1 rings (SSSR count). The van der Waals surface area contributed by atoms with Gasteiger partial charge in [-0.1, -0.05) is 13.3 Å². The SMILES string of the molecule is CCCCOC(=O)NCc1ccnc(N)c1. The van der Waals surface area contributed by atoms with E-state index in [0.29, 0.717) is 19.0 Å². The molecule has 1 aromatic rings. The first-order valence-electron chi connectivity index (χ1n) is 5.33. The summed E-state index contributed by atoms with van der Waals surface area (Å²) in [5, 5.41) is 2.64. The molecule has 1 aromatic heterocycles. The van der Waals surface area contributed by atoms with Crippen molar-refractivity contribution in [1.82, 2.24) is 10.3 Å². The largest absolute Gasteiger partial charge is 0.450 e. The first-order valence-corrected chi connectivity index (χ1v) is 5.33. The van der Waals surface area contributed by atoms with Crippen LogP contribution >= 0.6 is 0 Å². The van der Waals surface area contributed by atoms with Crippen molar-refractivity contribution in [1.29, 1.82) is 0 Å². The number of hydrogen-bond donors (Lipinski definition) is 2. The Labute approximate surface area is 95.0 Å². The summed E-state index contributed by atoms with van der Waals surface area (Å²) in [5.41, 5.74) is 6.41. The van der Waals surface area contributed by atoms with Crippen molar-refractivity contribution >= 4 is 11.9 Å². The van der Waals surface area contributed by atoms with Crippen LogP contribution in [0.25, 0.3) is 0 Å². The zero-order valence-corrected chi connectivity index (χ0v) is 9.40. The summed E-state index contributed by atoms with van der Waals surface area (Å²) in [4.78, 5) is 15.1. The molecule has 0 bridgehead atoms. The first-order chi connectivity index (χ1) is 7.72. The van der Waals surface area contributed by atoms with Crippen molar-refractivity contribution in [2.45, 2.75) is 26.3 Å². The molecule has 16 heavy (non-hydrogen) atoms. The van der Waals surface area contributed by atoms with Gasteiger partial charge in [0.05, 0.1) is 6.61 Å². The summed E-state index contributed by atoms with van der Waals surface area (Å²) in [6.07, 6.45) is 3.10. The Balaban J connectivity index is 2.26. The molecule has 0 unspecified atom stereocenters. The standard InChI is InChI=1S/C11H17N3O2/c1-2-3-6-16-11(15)14-8-9-4-5-13-10(12)7-9/h4-5,7H,2-3,6,8H2,1H3,(H2,12,13)(H,14,15). The van der Waals surface area contributed by atoms with Gasteiger partial charge in [0, 0.05) is 12.7 Å². The predicted molar refractivity (Wildman–Crippen MR) is 61.7 cm³/mol. The number of rotatable bonds is 5. The molecule has 5 nitrogen and oxygen atoms in total. The van der Waals surface area contributed by atoms with E-state index in [0.717, 1.165) is 18.4 Å². The van der Waals surface area contributed by atoms with Crippen molar-refractivity contribution in [2.24, 2.45) is 0 Å². The van der Waals surface area contributed by atoms with Gasteiger partial charge < -0.3 is 15.8 Å². The molecule has 3 N–H and O–H groups in total. The minimum absolute atomic E-state index is 0.399. The number of nitrogen functional groups attached to an aromatic ring is 1. The third kappa shape index (κ3) is 4.63. The molecule has 88 valence electrons. The second kappa shape index (κ2) is 6.66. The van der Waals surface area contributed by atoms with Crippen LogP contribution in [0.2, 0.25) is 0 Å². The number of amides is 1. The Hall–Kier alpha value is -1.78. The van der Waals surface area contributed by atoms with Crippen LogP contribution in [0.4, 0.5) is 10.6 Å². The summed E-state index contributed by atoms with van der Waals surface area (Å²) < 4.78 is 4.94. The second-order valence-corrected chi connectivity index (χ2v) is 3.43. The van der Waals surface area contributed by atoms with E-state index in [-0.39, 0.29) is 0 Å². The average Bonchev–Trinajstić information content (AvgIpc) is 2.27. The lowest BCUT2D eigenvalue weighted by atomic mass is 10.2. The summed E-state index contributed by atoms with van der Waals surface area (Å²) in [5.74, 6) is 0.443. The fraction of sp³-hybridized carbons (Fsp3) is 0.455. The van der Waals surface area contributed by atoms with Gasteiger partial charge in [-0.05, 0) is 24.1 Å². The van der Waals surface area contributed by atoms with E-state index in [4.69, 9.17) is 10.5 Å². The molecular weight excluding hydrogens is 206 g/mol. The highest BCUT2D eigenvalue weighted by Gasteiger charge is 2.01. The van der Waals surface area contributed by atoms with Gasteiger partial charge in [-0.3, -0.25) is 0 Å². The molecule has 0 radical (unpaired) electrons. The van der Waals surface area contributed by atoms with Crippen LogP contribution in [0.15, 0.2) is 18.3 Å². The zero-order valence-electron chi connectivity index (χ0n) is 9.40. The van der Waals surface area contributed by atoms with Crippen LogP contribution < -0.4 is 11.1 Å². The molecule has 0 saturated heterocycles. The van der Waals surface area contributed by atoms with E-state index < -0.39 is 6.09 Å². The number of hydrogen-bond acceptors (Lipinski definition) is 4. The van der Waals surface area contributed by atoms with E-state index in [1.54, 1.807) is 18.3 Å². The number of unbranched alkanes of at least 4 members (excludes halogenated alkanes) is 1. The number of aromatic nitrogens is 1. The summed E-state index contributed by atoms with van der Waals surface area (Å²) in [6, 6.07) is 3.51. The summed E-state index contributed by atoms with van der Waals surface area (Å²) in [6.45, 7) is 2.90. The van der Waals surface area contributed by atoms with E-state index in [1.165, 1.54) is 0 Å².